The van der Waals surface area contributed by atoms with Gasteiger partial charge in [-0.1, -0.05) is 23.7 Å². The second-order valence-corrected chi connectivity index (χ2v) is 5.65. The molecule has 1 atom stereocenters. The molecule has 2 aromatic rings. The van der Waals surface area contributed by atoms with Gasteiger partial charge in [-0.05, 0) is 25.0 Å². The number of likely N-dealkylation sites (tertiary alicyclic amines) is 1. The predicted molar refractivity (Wildman–Crippen MR) is 80.2 cm³/mol. The Bertz CT molecular complexity index is 656. The van der Waals surface area contributed by atoms with Gasteiger partial charge in [0.25, 0.3) is 5.91 Å². The van der Waals surface area contributed by atoms with Crippen LogP contribution in [0.2, 0.25) is 5.02 Å². The molecule has 3 rings (SSSR count). The monoisotopic (exact) mass is 305 g/mol. The van der Waals surface area contributed by atoms with Crippen molar-refractivity contribution in [1.82, 2.24) is 15.1 Å². The molecule has 2 N–H and O–H groups in total. The van der Waals surface area contributed by atoms with Gasteiger partial charge in [0.2, 0.25) is 0 Å². The van der Waals surface area contributed by atoms with Crippen LogP contribution in [0.1, 0.15) is 23.2 Å². The largest absolute Gasteiger partial charge is 0.391 e. The lowest BCUT2D eigenvalue weighted by Crippen LogP contribution is -2.42. The third kappa shape index (κ3) is 2.94. The van der Waals surface area contributed by atoms with E-state index in [1.807, 2.05) is 12.1 Å². The summed E-state index contributed by atoms with van der Waals surface area (Å²) in [4.78, 5) is 14.3. The van der Waals surface area contributed by atoms with E-state index in [-0.39, 0.29) is 5.91 Å². The number of piperidine rings is 1. The molecule has 2 heterocycles. The number of nitrogens with one attached hydrogen (secondary N) is 1. The van der Waals surface area contributed by atoms with Gasteiger partial charge in [0.15, 0.2) is 0 Å². The molecule has 1 fully saturated rings. The van der Waals surface area contributed by atoms with Crippen LogP contribution in [0, 0.1) is 0 Å². The highest BCUT2D eigenvalue weighted by Gasteiger charge is 2.26. The fraction of sp³-hybridized carbons (Fsp3) is 0.333. The van der Waals surface area contributed by atoms with Crippen LogP contribution >= 0.6 is 11.6 Å². The van der Waals surface area contributed by atoms with E-state index >= 15 is 0 Å². The van der Waals surface area contributed by atoms with Crippen LogP contribution in [-0.4, -0.2) is 45.3 Å². The van der Waals surface area contributed by atoms with Crippen molar-refractivity contribution < 1.29 is 9.90 Å². The standard InChI is InChI=1S/C15H16ClN3O2/c16-11-4-1-3-10(7-11)14-13(8-17-18-14)15(21)19-6-2-5-12(20)9-19/h1,3-4,7-8,12,20H,2,5-6,9H2,(H,17,18). The molecule has 1 aromatic heterocycles. The van der Waals surface area contributed by atoms with Gasteiger partial charge in [-0.2, -0.15) is 5.10 Å². The van der Waals surface area contributed by atoms with Crippen molar-refractivity contribution in [3.05, 3.63) is 41.0 Å². The number of rotatable bonds is 2. The van der Waals surface area contributed by atoms with E-state index in [2.05, 4.69) is 10.2 Å². The predicted octanol–water partition coefficient (Wildman–Crippen LogP) is 2.33. The smallest absolute Gasteiger partial charge is 0.257 e. The zero-order valence-corrected chi connectivity index (χ0v) is 12.2. The molecule has 0 radical (unpaired) electrons. The van der Waals surface area contributed by atoms with E-state index in [0.29, 0.717) is 29.4 Å². The number of H-pyrrole nitrogens is 1. The first-order valence-electron chi connectivity index (χ1n) is 6.92. The highest BCUT2D eigenvalue weighted by atomic mass is 35.5. The van der Waals surface area contributed by atoms with Gasteiger partial charge < -0.3 is 10.0 Å². The molecule has 1 amide bonds. The number of aromatic nitrogens is 2. The number of aromatic amines is 1. The third-order valence-electron chi connectivity index (χ3n) is 3.67. The van der Waals surface area contributed by atoms with E-state index in [1.165, 1.54) is 6.20 Å². The number of halogens is 1. The lowest BCUT2D eigenvalue weighted by Gasteiger charge is -2.30. The van der Waals surface area contributed by atoms with Gasteiger partial charge in [0.05, 0.1) is 23.6 Å². The molecule has 0 bridgehead atoms. The Morgan fingerprint density at radius 1 is 1.48 bits per heavy atom. The highest BCUT2D eigenvalue weighted by Crippen LogP contribution is 2.25. The molecule has 1 saturated heterocycles. The van der Waals surface area contributed by atoms with E-state index in [0.717, 1.165) is 18.4 Å². The van der Waals surface area contributed by atoms with Crippen molar-refractivity contribution in [3.8, 4) is 11.3 Å². The van der Waals surface area contributed by atoms with E-state index in [4.69, 9.17) is 11.6 Å². The maximum atomic E-state index is 12.6. The summed E-state index contributed by atoms with van der Waals surface area (Å²) in [5.74, 6) is -0.113. The zero-order chi connectivity index (χ0) is 14.8. The Labute approximate surface area is 127 Å². The van der Waals surface area contributed by atoms with Gasteiger partial charge >= 0.3 is 0 Å². The average molecular weight is 306 g/mol. The molecule has 0 aliphatic carbocycles. The third-order valence-corrected chi connectivity index (χ3v) is 3.90. The summed E-state index contributed by atoms with van der Waals surface area (Å²) in [5, 5.41) is 17.2. The molecule has 110 valence electrons. The Hall–Kier alpha value is -1.85. The van der Waals surface area contributed by atoms with Crippen LogP contribution in [0.15, 0.2) is 30.5 Å². The molecule has 21 heavy (non-hydrogen) atoms. The number of aliphatic hydroxyl groups is 1. The summed E-state index contributed by atoms with van der Waals surface area (Å²) in [7, 11) is 0. The molecule has 0 saturated carbocycles. The van der Waals surface area contributed by atoms with Crippen LogP contribution in [-0.2, 0) is 0 Å². The first kappa shape index (κ1) is 14.1. The van der Waals surface area contributed by atoms with Crippen molar-refractivity contribution in [2.24, 2.45) is 0 Å². The van der Waals surface area contributed by atoms with Crippen LogP contribution < -0.4 is 0 Å². The molecular formula is C15H16ClN3O2. The van der Waals surface area contributed by atoms with Gasteiger partial charge in [0.1, 0.15) is 0 Å². The van der Waals surface area contributed by atoms with Gasteiger partial charge in [-0.3, -0.25) is 9.89 Å². The van der Waals surface area contributed by atoms with Gasteiger partial charge in [-0.15, -0.1) is 0 Å². The molecule has 1 aliphatic heterocycles. The SMILES string of the molecule is O=C(c1cn[nH]c1-c1cccc(Cl)c1)N1CCCC(O)C1. The number of aliphatic hydroxyl groups excluding tert-OH is 1. The number of β-amino-alcohol motifs (C(OH)–C–C–N with tert-alkyl or cyclic N) is 1. The normalized spacial score (nSPS) is 18.8. The van der Waals surface area contributed by atoms with Crippen molar-refractivity contribution >= 4 is 17.5 Å². The minimum Gasteiger partial charge on any atom is -0.391 e. The van der Waals surface area contributed by atoms with Crippen molar-refractivity contribution in [1.29, 1.82) is 0 Å². The maximum absolute atomic E-state index is 12.6. The van der Waals surface area contributed by atoms with Crippen LogP contribution in [0.4, 0.5) is 0 Å². The quantitative estimate of drug-likeness (QED) is 0.894. The Morgan fingerprint density at radius 3 is 3.10 bits per heavy atom. The van der Waals surface area contributed by atoms with Gasteiger partial charge in [0, 0.05) is 23.7 Å². The topological polar surface area (TPSA) is 69.2 Å². The van der Waals surface area contributed by atoms with Crippen molar-refractivity contribution in [2.45, 2.75) is 18.9 Å². The Kier molecular flexibility index (Phi) is 3.94. The summed E-state index contributed by atoms with van der Waals surface area (Å²) >= 11 is 6.00. The molecule has 1 aromatic carbocycles. The lowest BCUT2D eigenvalue weighted by molar-refractivity contribution is 0.0474. The van der Waals surface area contributed by atoms with E-state index in [1.54, 1.807) is 17.0 Å². The Balaban J connectivity index is 1.90. The summed E-state index contributed by atoms with van der Waals surface area (Å²) in [6.45, 7) is 1.04. The first-order valence-corrected chi connectivity index (χ1v) is 7.29. The molecule has 1 aliphatic rings. The summed E-state index contributed by atoms with van der Waals surface area (Å²) in [5.41, 5.74) is 1.98. The molecule has 0 spiro atoms. The first-order chi connectivity index (χ1) is 10.1. The zero-order valence-electron chi connectivity index (χ0n) is 11.4. The van der Waals surface area contributed by atoms with Crippen LogP contribution in [0.5, 0.6) is 0 Å². The van der Waals surface area contributed by atoms with Crippen molar-refractivity contribution in [3.63, 3.8) is 0 Å². The number of carbonyl (C=O) groups excluding carboxylic acids is 1. The number of hydrogen-bond acceptors (Lipinski definition) is 3. The fourth-order valence-corrected chi connectivity index (χ4v) is 2.81. The van der Waals surface area contributed by atoms with Crippen LogP contribution in [0.25, 0.3) is 11.3 Å². The summed E-state index contributed by atoms with van der Waals surface area (Å²) < 4.78 is 0. The number of benzene rings is 1. The minimum absolute atomic E-state index is 0.113. The lowest BCUT2D eigenvalue weighted by atomic mass is 10.0. The van der Waals surface area contributed by atoms with Crippen LogP contribution in [0.3, 0.4) is 0 Å². The second kappa shape index (κ2) is 5.87. The summed E-state index contributed by atoms with van der Waals surface area (Å²) in [6.07, 6.45) is 2.65. The van der Waals surface area contributed by atoms with Gasteiger partial charge in [-0.25, -0.2) is 0 Å². The molecule has 1 unspecified atom stereocenters. The number of nitrogens with zero attached hydrogens (tertiary/aromatic N) is 2. The second-order valence-electron chi connectivity index (χ2n) is 5.22. The maximum Gasteiger partial charge on any atom is 0.257 e. The highest BCUT2D eigenvalue weighted by molar-refractivity contribution is 6.30. The minimum atomic E-state index is -0.441. The molecular weight excluding hydrogens is 290 g/mol. The van der Waals surface area contributed by atoms with E-state index in [9.17, 15) is 9.90 Å². The van der Waals surface area contributed by atoms with E-state index < -0.39 is 6.10 Å². The fourth-order valence-electron chi connectivity index (χ4n) is 2.62. The number of carbonyl (C=O) groups is 1. The van der Waals surface area contributed by atoms with Crippen molar-refractivity contribution in [2.75, 3.05) is 13.1 Å². The molecule has 6 heteroatoms. The molecule has 5 nitrogen and oxygen atoms in total. The number of amides is 1. The number of hydrogen-bond donors (Lipinski definition) is 2. The summed E-state index contributed by atoms with van der Waals surface area (Å²) in [6, 6.07) is 7.28. The Morgan fingerprint density at radius 2 is 2.33 bits per heavy atom. The average Bonchev–Trinajstić information content (AvgIpc) is 2.96.